The fourth-order valence-electron chi connectivity index (χ4n) is 3.09. The molecule has 1 rings (SSSR count). The van der Waals surface area contributed by atoms with Gasteiger partial charge in [-0.1, -0.05) is 82.4 Å². The second-order valence-corrected chi connectivity index (χ2v) is 7.40. The molecule has 24 heavy (non-hydrogen) atoms. The molecule has 0 fully saturated rings. The van der Waals surface area contributed by atoms with Crippen LogP contribution in [0, 0.1) is 0 Å². The summed E-state index contributed by atoms with van der Waals surface area (Å²) in [6.07, 6.45) is 23.8. The lowest BCUT2D eigenvalue weighted by molar-refractivity contribution is -0.121. The highest BCUT2D eigenvalue weighted by Crippen LogP contribution is 2.13. The average Bonchev–Trinajstić information content (AvgIpc) is 3.10. The maximum atomic E-state index is 11.7. The largest absolute Gasteiger partial charge is 0.352 e. The summed E-state index contributed by atoms with van der Waals surface area (Å²) in [6, 6.07) is 0. The van der Waals surface area contributed by atoms with Gasteiger partial charge in [0.05, 0.1) is 0 Å². The first-order valence-electron chi connectivity index (χ1n) is 10.0. The van der Waals surface area contributed by atoms with Crippen molar-refractivity contribution in [3.05, 3.63) is 23.8 Å². The molecule has 0 heterocycles. The molecule has 1 aliphatic carbocycles. The average molecular weight is 352 g/mol. The van der Waals surface area contributed by atoms with Gasteiger partial charge in [0.1, 0.15) is 0 Å². The molecule has 3 heteroatoms. The van der Waals surface area contributed by atoms with E-state index in [0.717, 1.165) is 25.1 Å². The number of allylic oxidation sites excluding steroid dienone is 3. The minimum Gasteiger partial charge on any atom is -0.352 e. The first-order chi connectivity index (χ1) is 11.8. The van der Waals surface area contributed by atoms with Gasteiger partial charge in [0.15, 0.2) is 0 Å². The van der Waals surface area contributed by atoms with E-state index >= 15 is 0 Å². The van der Waals surface area contributed by atoms with Crippen molar-refractivity contribution in [3.63, 3.8) is 0 Å². The van der Waals surface area contributed by atoms with Gasteiger partial charge in [-0.05, 0) is 30.6 Å². The smallest absolute Gasteiger partial charge is 0.220 e. The van der Waals surface area contributed by atoms with Crippen LogP contribution in [0.5, 0.6) is 0 Å². The van der Waals surface area contributed by atoms with Gasteiger partial charge < -0.3 is 5.32 Å². The van der Waals surface area contributed by atoms with Crippen molar-refractivity contribution in [3.8, 4) is 0 Å². The maximum absolute atomic E-state index is 11.7. The van der Waals surface area contributed by atoms with E-state index in [1.807, 2.05) is 0 Å². The molecule has 0 unspecified atom stereocenters. The Labute approximate surface area is 155 Å². The molecule has 138 valence electrons. The number of hydrogen-bond acceptors (Lipinski definition) is 2. The van der Waals surface area contributed by atoms with Crippen LogP contribution in [0.25, 0.3) is 0 Å². The Morgan fingerprint density at radius 3 is 1.92 bits per heavy atom. The van der Waals surface area contributed by atoms with Crippen LogP contribution >= 0.6 is 12.6 Å². The molecule has 0 aromatic carbocycles. The zero-order valence-corrected chi connectivity index (χ0v) is 16.3. The normalized spacial score (nSPS) is 13.3. The molecular weight excluding hydrogens is 314 g/mol. The van der Waals surface area contributed by atoms with Crippen molar-refractivity contribution in [2.24, 2.45) is 0 Å². The molecule has 0 bridgehead atoms. The van der Waals surface area contributed by atoms with Crippen molar-refractivity contribution in [1.82, 2.24) is 5.32 Å². The molecule has 1 amide bonds. The summed E-state index contributed by atoms with van der Waals surface area (Å²) < 4.78 is 0. The number of hydrogen-bond donors (Lipinski definition) is 2. The number of carbonyl (C=O) groups excluding carboxylic acids is 1. The fraction of sp³-hybridized carbons (Fsp3) is 0.762. The van der Waals surface area contributed by atoms with Gasteiger partial charge in [-0.3, -0.25) is 4.79 Å². The minimum atomic E-state index is 0.209. The lowest BCUT2D eigenvalue weighted by atomic mass is 10.0. The number of unbranched alkanes of at least 4 members (excludes halogenated alkanes) is 11. The van der Waals surface area contributed by atoms with Crippen molar-refractivity contribution >= 4 is 18.5 Å². The van der Waals surface area contributed by atoms with Gasteiger partial charge in [-0.15, -0.1) is 0 Å². The molecule has 0 atom stereocenters. The summed E-state index contributed by atoms with van der Waals surface area (Å²) in [7, 11) is 0. The third kappa shape index (κ3) is 12.7. The molecular formula is C21H37NOS. The Hall–Kier alpha value is -0.700. The zero-order valence-electron chi connectivity index (χ0n) is 15.4. The van der Waals surface area contributed by atoms with E-state index in [9.17, 15) is 4.79 Å². The first-order valence-corrected chi connectivity index (χ1v) is 10.7. The van der Waals surface area contributed by atoms with Crippen LogP contribution in [-0.2, 0) is 4.79 Å². The molecule has 0 aromatic rings. The maximum Gasteiger partial charge on any atom is 0.220 e. The van der Waals surface area contributed by atoms with Crippen molar-refractivity contribution < 1.29 is 4.79 Å². The van der Waals surface area contributed by atoms with Gasteiger partial charge in [0, 0.05) is 13.0 Å². The summed E-state index contributed by atoms with van der Waals surface area (Å²) in [4.78, 5) is 11.7. The number of carbonyl (C=O) groups is 1. The number of nitrogens with one attached hydrogen (secondary N) is 1. The quantitative estimate of drug-likeness (QED) is 0.259. The topological polar surface area (TPSA) is 29.1 Å². The van der Waals surface area contributed by atoms with E-state index in [4.69, 9.17) is 0 Å². The lowest BCUT2D eigenvalue weighted by Crippen LogP contribution is -2.24. The molecule has 0 saturated heterocycles. The van der Waals surface area contributed by atoms with Crippen LogP contribution in [0.2, 0.25) is 0 Å². The van der Waals surface area contributed by atoms with Gasteiger partial charge in [-0.25, -0.2) is 0 Å². The second-order valence-electron chi connectivity index (χ2n) is 6.95. The Kier molecular flexibility index (Phi) is 14.1. The van der Waals surface area contributed by atoms with Gasteiger partial charge in [0.2, 0.25) is 5.91 Å². The summed E-state index contributed by atoms with van der Waals surface area (Å²) in [5.41, 5.74) is 1.31. The Bertz CT molecular complexity index is 376. The van der Waals surface area contributed by atoms with E-state index < -0.39 is 0 Å². The summed E-state index contributed by atoms with van der Waals surface area (Å²) in [5.74, 6) is 1.25. The zero-order chi connectivity index (χ0) is 17.3. The van der Waals surface area contributed by atoms with Gasteiger partial charge in [0.25, 0.3) is 0 Å². The van der Waals surface area contributed by atoms with Crippen LogP contribution in [0.1, 0.15) is 89.9 Å². The fourth-order valence-corrected chi connectivity index (χ4v) is 3.31. The van der Waals surface area contributed by atoms with Gasteiger partial charge in [-0.2, -0.15) is 12.6 Å². The predicted octanol–water partition coefficient (Wildman–Crippen LogP) is 5.99. The molecule has 1 aliphatic rings. The Morgan fingerprint density at radius 2 is 1.42 bits per heavy atom. The third-order valence-corrected chi connectivity index (χ3v) is 4.99. The summed E-state index contributed by atoms with van der Waals surface area (Å²) >= 11 is 4.24. The van der Waals surface area contributed by atoms with Crippen LogP contribution in [0.4, 0.5) is 0 Å². The molecule has 1 N–H and O–H groups in total. The molecule has 0 aliphatic heterocycles. The van der Waals surface area contributed by atoms with Crippen LogP contribution in [0.15, 0.2) is 23.8 Å². The monoisotopic (exact) mass is 351 g/mol. The minimum absolute atomic E-state index is 0.209. The lowest BCUT2D eigenvalue weighted by Gasteiger charge is -2.06. The second kappa shape index (κ2) is 15.8. The molecule has 0 saturated carbocycles. The summed E-state index contributed by atoms with van der Waals surface area (Å²) in [5, 5.41) is 3.02. The van der Waals surface area contributed by atoms with Gasteiger partial charge >= 0.3 is 0 Å². The van der Waals surface area contributed by atoms with E-state index in [2.05, 4.69) is 36.2 Å². The van der Waals surface area contributed by atoms with E-state index in [-0.39, 0.29) is 5.91 Å². The highest BCUT2D eigenvalue weighted by Gasteiger charge is 2.03. The van der Waals surface area contributed by atoms with Crippen molar-refractivity contribution in [2.75, 3.05) is 12.3 Å². The SMILES string of the molecule is O=C(CCCCCCCCCCCCCCS)NCC1=CC=CC1. The molecule has 2 nitrogen and oxygen atoms in total. The van der Waals surface area contributed by atoms with Crippen LogP contribution in [-0.4, -0.2) is 18.2 Å². The highest BCUT2D eigenvalue weighted by atomic mass is 32.1. The number of amides is 1. The standard InChI is InChI=1S/C21H37NOS/c23-21(22-19-20-15-12-13-16-20)17-11-9-7-5-3-1-2-4-6-8-10-14-18-24/h12-13,15,24H,1-11,14,16-19H2,(H,22,23). The number of thiol groups is 1. The van der Waals surface area contributed by atoms with Crippen molar-refractivity contribution in [1.29, 1.82) is 0 Å². The highest BCUT2D eigenvalue weighted by molar-refractivity contribution is 7.80. The van der Waals surface area contributed by atoms with E-state index in [1.165, 1.54) is 76.2 Å². The van der Waals surface area contributed by atoms with Crippen LogP contribution < -0.4 is 5.32 Å². The molecule has 0 aromatic heterocycles. The van der Waals surface area contributed by atoms with Crippen molar-refractivity contribution in [2.45, 2.75) is 89.9 Å². The first kappa shape index (κ1) is 21.3. The summed E-state index contributed by atoms with van der Waals surface area (Å²) in [6.45, 7) is 0.723. The Morgan fingerprint density at radius 1 is 0.875 bits per heavy atom. The van der Waals surface area contributed by atoms with E-state index in [1.54, 1.807) is 0 Å². The molecule has 0 spiro atoms. The van der Waals surface area contributed by atoms with E-state index in [0.29, 0.717) is 6.42 Å². The van der Waals surface area contributed by atoms with Crippen LogP contribution in [0.3, 0.4) is 0 Å². The predicted molar refractivity (Wildman–Crippen MR) is 109 cm³/mol. The Balaban J connectivity index is 1.74. The third-order valence-electron chi connectivity index (χ3n) is 4.67. The number of rotatable bonds is 16. The molecule has 0 radical (unpaired) electrons.